The van der Waals surface area contributed by atoms with Crippen molar-refractivity contribution in [3.05, 3.63) is 52.1 Å². The number of anilines is 1. The lowest BCUT2D eigenvalue weighted by Crippen LogP contribution is -2.13. The molecule has 0 saturated heterocycles. The Labute approximate surface area is 120 Å². The molecule has 0 atom stereocenters. The Balaban J connectivity index is 2.27. The molecule has 1 heterocycles. The highest BCUT2D eigenvalue weighted by Gasteiger charge is 2.14. The van der Waals surface area contributed by atoms with Crippen LogP contribution in [-0.4, -0.2) is 18.0 Å². The average Bonchev–Trinajstić information content (AvgIpc) is 2.42. The summed E-state index contributed by atoms with van der Waals surface area (Å²) in [6.07, 6.45) is 1.58. The van der Waals surface area contributed by atoms with Crippen molar-refractivity contribution in [2.45, 2.75) is 0 Å². The van der Waals surface area contributed by atoms with Crippen LogP contribution in [0, 0.1) is 0 Å². The molecule has 0 fully saturated rings. The molecular formula is C13H10Cl2N2O2. The van der Waals surface area contributed by atoms with Crippen molar-refractivity contribution in [1.82, 2.24) is 4.98 Å². The maximum Gasteiger partial charge on any atom is 0.258 e. The standard InChI is InChI=1S/C13H10Cl2N2O2/c1-19-11-7-9(14)8(6-10(11)15)13(18)17-12-4-2-3-5-16-12/h2-7H,1H3,(H,16,17,18). The van der Waals surface area contributed by atoms with Crippen molar-refractivity contribution in [2.24, 2.45) is 0 Å². The number of methoxy groups -OCH3 is 1. The van der Waals surface area contributed by atoms with Gasteiger partial charge in [0.05, 0.1) is 22.7 Å². The molecule has 0 aliphatic heterocycles. The number of rotatable bonds is 3. The lowest BCUT2D eigenvalue weighted by molar-refractivity contribution is 0.102. The quantitative estimate of drug-likeness (QED) is 0.940. The molecule has 1 aromatic carbocycles. The minimum absolute atomic E-state index is 0.259. The van der Waals surface area contributed by atoms with Crippen molar-refractivity contribution >= 4 is 34.9 Å². The summed E-state index contributed by atoms with van der Waals surface area (Å²) in [5.74, 6) is 0.477. The Morgan fingerprint density at radius 2 is 2.05 bits per heavy atom. The molecule has 0 unspecified atom stereocenters. The van der Waals surface area contributed by atoms with Gasteiger partial charge in [0.25, 0.3) is 5.91 Å². The molecule has 0 radical (unpaired) electrons. The van der Waals surface area contributed by atoms with Gasteiger partial charge < -0.3 is 10.1 Å². The molecule has 4 nitrogen and oxygen atoms in total. The van der Waals surface area contributed by atoms with E-state index in [1.54, 1.807) is 24.4 Å². The summed E-state index contributed by atoms with van der Waals surface area (Å²) in [7, 11) is 1.48. The Bertz CT molecular complexity index is 603. The first-order valence-corrected chi connectivity index (χ1v) is 6.13. The minimum Gasteiger partial charge on any atom is -0.495 e. The zero-order chi connectivity index (χ0) is 13.8. The molecule has 2 aromatic rings. The maximum atomic E-state index is 12.1. The third-order valence-corrected chi connectivity index (χ3v) is 3.00. The number of hydrogen-bond donors (Lipinski definition) is 1. The number of halogens is 2. The van der Waals surface area contributed by atoms with E-state index in [0.717, 1.165) is 0 Å². The van der Waals surface area contributed by atoms with Gasteiger partial charge in [0.2, 0.25) is 0 Å². The average molecular weight is 297 g/mol. The number of benzene rings is 1. The van der Waals surface area contributed by atoms with Gasteiger partial charge >= 0.3 is 0 Å². The molecule has 1 N–H and O–H groups in total. The fourth-order valence-corrected chi connectivity index (χ4v) is 1.96. The summed E-state index contributed by atoms with van der Waals surface area (Å²) in [5.41, 5.74) is 0.262. The van der Waals surface area contributed by atoms with Crippen LogP contribution in [0.2, 0.25) is 10.0 Å². The maximum absolute atomic E-state index is 12.1. The van der Waals surface area contributed by atoms with Gasteiger partial charge in [-0.2, -0.15) is 0 Å². The van der Waals surface area contributed by atoms with Crippen molar-refractivity contribution in [3.63, 3.8) is 0 Å². The molecule has 19 heavy (non-hydrogen) atoms. The summed E-state index contributed by atoms with van der Waals surface area (Å²) in [6.45, 7) is 0. The number of amides is 1. The van der Waals surface area contributed by atoms with Crippen LogP contribution in [0.4, 0.5) is 5.82 Å². The van der Waals surface area contributed by atoms with Crippen molar-refractivity contribution in [2.75, 3.05) is 12.4 Å². The molecule has 0 aliphatic carbocycles. The van der Waals surface area contributed by atoms with Crippen LogP contribution in [-0.2, 0) is 0 Å². The first-order chi connectivity index (χ1) is 9.11. The van der Waals surface area contributed by atoms with E-state index in [1.807, 2.05) is 0 Å². The van der Waals surface area contributed by atoms with Crippen LogP contribution in [0.1, 0.15) is 10.4 Å². The van der Waals surface area contributed by atoms with Gasteiger partial charge in [0, 0.05) is 12.3 Å². The number of carbonyl (C=O) groups excluding carboxylic acids is 1. The fourth-order valence-electron chi connectivity index (χ4n) is 1.48. The number of ether oxygens (including phenoxy) is 1. The first-order valence-electron chi connectivity index (χ1n) is 5.37. The van der Waals surface area contributed by atoms with Gasteiger partial charge in [0.15, 0.2) is 0 Å². The second-order valence-electron chi connectivity index (χ2n) is 3.64. The van der Waals surface area contributed by atoms with E-state index >= 15 is 0 Å². The van der Waals surface area contributed by atoms with Crippen molar-refractivity contribution in [1.29, 1.82) is 0 Å². The third-order valence-electron chi connectivity index (χ3n) is 2.39. The second kappa shape index (κ2) is 5.91. The largest absolute Gasteiger partial charge is 0.495 e. The highest BCUT2D eigenvalue weighted by atomic mass is 35.5. The molecule has 6 heteroatoms. The zero-order valence-electron chi connectivity index (χ0n) is 9.98. The second-order valence-corrected chi connectivity index (χ2v) is 4.45. The number of hydrogen-bond acceptors (Lipinski definition) is 3. The number of carbonyl (C=O) groups is 1. The van der Waals surface area contributed by atoms with E-state index < -0.39 is 0 Å². The predicted molar refractivity (Wildman–Crippen MR) is 75.2 cm³/mol. The van der Waals surface area contributed by atoms with Gasteiger partial charge in [-0.05, 0) is 18.2 Å². The summed E-state index contributed by atoms with van der Waals surface area (Å²) in [5, 5.41) is 3.21. The van der Waals surface area contributed by atoms with Crippen LogP contribution >= 0.6 is 23.2 Å². The van der Waals surface area contributed by atoms with E-state index in [2.05, 4.69) is 10.3 Å². The van der Waals surface area contributed by atoms with Crippen LogP contribution in [0.25, 0.3) is 0 Å². The van der Waals surface area contributed by atoms with Crippen molar-refractivity contribution < 1.29 is 9.53 Å². The van der Waals surface area contributed by atoms with E-state index in [0.29, 0.717) is 16.6 Å². The zero-order valence-corrected chi connectivity index (χ0v) is 11.5. The van der Waals surface area contributed by atoms with E-state index in [9.17, 15) is 4.79 Å². The van der Waals surface area contributed by atoms with E-state index in [4.69, 9.17) is 27.9 Å². The first kappa shape index (κ1) is 13.6. The Hall–Kier alpha value is -1.78. The molecule has 98 valence electrons. The van der Waals surface area contributed by atoms with Gasteiger partial charge in [-0.3, -0.25) is 4.79 Å². The smallest absolute Gasteiger partial charge is 0.258 e. The molecule has 0 saturated carbocycles. The third kappa shape index (κ3) is 3.16. The number of aromatic nitrogens is 1. The normalized spacial score (nSPS) is 10.1. The topological polar surface area (TPSA) is 51.2 Å². The summed E-state index contributed by atoms with van der Waals surface area (Å²) < 4.78 is 5.02. The number of pyridine rings is 1. The summed E-state index contributed by atoms with van der Waals surface area (Å²) >= 11 is 12.0. The van der Waals surface area contributed by atoms with Crippen LogP contribution in [0.5, 0.6) is 5.75 Å². The number of nitrogens with zero attached hydrogens (tertiary/aromatic N) is 1. The highest BCUT2D eigenvalue weighted by Crippen LogP contribution is 2.31. The summed E-state index contributed by atoms with van der Waals surface area (Å²) in [4.78, 5) is 16.0. The predicted octanol–water partition coefficient (Wildman–Crippen LogP) is 3.65. The lowest BCUT2D eigenvalue weighted by atomic mass is 10.2. The highest BCUT2D eigenvalue weighted by molar-refractivity contribution is 6.37. The van der Waals surface area contributed by atoms with Crippen molar-refractivity contribution in [3.8, 4) is 5.75 Å². The molecule has 2 rings (SSSR count). The van der Waals surface area contributed by atoms with Gasteiger partial charge in [-0.1, -0.05) is 29.3 Å². The molecule has 0 aliphatic rings. The van der Waals surface area contributed by atoms with Crippen LogP contribution in [0.3, 0.4) is 0 Å². The van der Waals surface area contributed by atoms with E-state index in [-0.39, 0.29) is 16.5 Å². The van der Waals surface area contributed by atoms with Gasteiger partial charge in [0.1, 0.15) is 11.6 Å². The van der Waals surface area contributed by atoms with Gasteiger partial charge in [-0.15, -0.1) is 0 Å². The van der Waals surface area contributed by atoms with Crippen LogP contribution in [0.15, 0.2) is 36.5 Å². The lowest BCUT2D eigenvalue weighted by Gasteiger charge is -2.09. The monoisotopic (exact) mass is 296 g/mol. The minimum atomic E-state index is -0.381. The Morgan fingerprint density at radius 3 is 2.68 bits per heavy atom. The molecule has 1 amide bonds. The molecule has 0 bridgehead atoms. The molecule has 0 spiro atoms. The SMILES string of the molecule is COc1cc(Cl)c(C(=O)Nc2ccccn2)cc1Cl. The number of nitrogens with one attached hydrogen (secondary N) is 1. The molecular weight excluding hydrogens is 287 g/mol. The summed E-state index contributed by atoms with van der Waals surface area (Å²) in [6, 6.07) is 8.16. The van der Waals surface area contributed by atoms with Crippen LogP contribution < -0.4 is 10.1 Å². The Kier molecular flexibility index (Phi) is 4.24. The fraction of sp³-hybridized carbons (Fsp3) is 0.0769. The van der Waals surface area contributed by atoms with Gasteiger partial charge in [-0.25, -0.2) is 4.98 Å². The van der Waals surface area contributed by atoms with E-state index in [1.165, 1.54) is 19.2 Å². The molecule has 1 aromatic heterocycles. The Morgan fingerprint density at radius 1 is 1.26 bits per heavy atom.